The monoisotopic (exact) mass is 942 g/mol. The molecule has 7 atom stereocenters. The number of nitrogens with one attached hydrogen (secondary N) is 1. The van der Waals surface area contributed by atoms with Crippen LogP contribution in [0.1, 0.15) is 232 Å². The van der Waals surface area contributed by atoms with E-state index in [1.165, 1.54) is 109 Å². The third kappa shape index (κ3) is 37.2. The van der Waals surface area contributed by atoms with Crippen LogP contribution in [0, 0.1) is 0 Å². The van der Waals surface area contributed by atoms with E-state index in [9.17, 15) is 30.3 Å². The Hall–Kier alpha value is -2.37. The van der Waals surface area contributed by atoms with E-state index < -0.39 is 49.5 Å². The van der Waals surface area contributed by atoms with Crippen molar-refractivity contribution >= 4 is 5.91 Å². The summed E-state index contributed by atoms with van der Waals surface area (Å²) in [6.07, 6.45) is 57.7. The van der Waals surface area contributed by atoms with Crippen molar-refractivity contribution < 1.29 is 39.8 Å². The molecule has 0 saturated carbocycles. The summed E-state index contributed by atoms with van der Waals surface area (Å²) in [5, 5.41) is 54.6. The number of allylic oxidation sites excluding steroid dienone is 12. The van der Waals surface area contributed by atoms with Gasteiger partial charge in [0.1, 0.15) is 24.4 Å². The summed E-state index contributed by atoms with van der Waals surface area (Å²) >= 11 is 0. The number of hydrogen-bond donors (Lipinski definition) is 6. The van der Waals surface area contributed by atoms with Gasteiger partial charge in [0.2, 0.25) is 5.91 Å². The quantitative estimate of drug-likeness (QED) is 0.0261. The fourth-order valence-electron chi connectivity index (χ4n) is 8.46. The topological polar surface area (TPSA) is 149 Å². The molecule has 67 heavy (non-hydrogen) atoms. The third-order valence-electron chi connectivity index (χ3n) is 12.8. The summed E-state index contributed by atoms with van der Waals surface area (Å²) in [5.41, 5.74) is 0. The maximum Gasteiger partial charge on any atom is 0.220 e. The van der Waals surface area contributed by atoms with E-state index in [1.54, 1.807) is 0 Å². The van der Waals surface area contributed by atoms with Crippen LogP contribution in [0.3, 0.4) is 0 Å². The second kappa shape index (κ2) is 47.3. The molecule has 1 rings (SSSR count). The molecule has 9 nitrogen and oxygen atoms in total. The number of hydrogen-bond acceptors (Lipinski definition) is 8. The smallest absolute Gasteiger partial charge is 0.220 e. The molecule has 7 unspecified atom stereocenters. The Morgan fingerprint density at radius 3 is 1.37 bits per heavy atom. The van der Waals surface area contributed by atoms with Crippen molar-refractivity contribution in [2.45, 2.75) is 275 Å². The zero-order chi connectivity index (χ0) is 48.7. The van der Waals surface area contributed by atoms with E-state index >= 15 is 0 Å². The average molecular weight is 942 g/mol. The predicted octanol–water partition coefficient (Wildman–Crippen LogP) is 13.3. The number of aliphatic hydroxyl groups excluding tert-OH is 5. The SMILES string of the molecule is CC/C=C\C/C=C\C/C=C\C/C=C\C/C=C\C/C=C\CCCCCCCCC(=O)NC(COC1OC(CO)C(O)C(O)C1O)C(O)CCCCCCCCCCCCCCCCCCCCC. The number of unbranched alkanes of at least 4 members (excludes halogenated alkanes) is 24. The maximum absolute atomic E-state index is 13.1. The Balaban J connectivity index is 2.26. The van der Waals surface area contributed by atoms with Gasteiger partial charge in [0.05, 0.1) is 25.4 Å². The Bertz CT molecular complexity index is 1280. The fraction of sp³-hybridized carbons (Fsp3) is 0.776. The van der Waals surface area contributed by atoms with Crippen molar-refractivity contribution in [3.63, 3.8) is 0 Å². The summed E-state index contributed by atoms with van der Waals surface area (Å²) < 4.78 is 11.3. The summed E-state index contributed by atoms with van der Waals surface area (Å²) in [6.45, 7) is 3.72. The van der Waals surface area contributed by atoms with E-state index in [0.717, 1.165) is 96.3 Å². The molecular formula is C58H103NO8. The minimum atomic E-state index is -1.56. The largest absolute Gasteiger partial charge is 0.394 e. The summed E-state index contributed by atoms with van der Waals surface area (Å²) in [5.74, 6) is -0.160. The van der Waals surface area contributed by atoms with Gasteiger partial charge in [-0.05, 0) is 64.2 Å². The van der Waals surface area contributed by atoms with E-state index in [-0.39, 0.29) is 12.5 Å². The highest BCUT2D eigenvalue weighted by Gasteiger charge is 2.44. The van der Waals surface area contributed by atoms with Crippen molar-refractivity contribution in [3.8, 4) is 0 Å². The standard InChI is InChI=1S/C58H103NO8/c1-3-5-7-9-11-13-15-17-19-21-23-24-25-26-27-28-30-32-34-36-38-40-42-44-46-48-54(62)59-51(50-66-58-57(65)56(64)55(63)53(49-60)67-58)52(61)47-45-43-41-39-37-35-33-31-29-22-20-18-16-14-12-10-8-6-4-2/h5,7,11,13,17,19,23-24,26-27,30,32,51-53,55-58,60-61,63-65H,3-4,6,8-10,12,14-16,18,20-22,25,28-29,31,33-50H2,1-2H3,(H,59,62)/b7-5-,13-11-,19-17-,24-23-,27-26-,32-30-. The van der Waals surface area contributed by atoms with Crippen LogP contribution < -0.4 is 5.32 Å². The van der Waals surface area contributed by atoms with Gasteiger partial charge >= 0.3 is 0 Å². The van der Waals surface area contributed by atoms with E-state index in [1.807, 2.05) is 0 Å². The number of rotatable bonds is 46. The highest BCUT2D eigenvalue weighted by atomic mass is 16.7. The lowest BCUT2D eigenvalue weighted by Crippen LogP contribution is -2.60. The minimum absolute atomic E-state index is 0.147. The number of aliphatic hydroxyl groups is 5. The van der Waals surface area contributed by atoms with E-state index in [2.05, 4.69) is 92.1 Å². The van der Waals surface area contributed by atoms with Gasteiger partial charge in [-0.1, -0.05) is 234 Å². The van der Waals surface area contributed by atoms with E-state index in [4.69, 9.17) is 9.47 Å². The highest BCUT2D eigenvalue weighted by Crippen LogP contribution is 2.23. The van der Waals surface area contributed by atoms with Gasteiger partial charge < -0.3 is 40.3 Å². The van der Waals surface area contributed by atoms with Gasteiger partial charge in [0.25, 0.3) is 0 Å². The molecule has 0 bridgehead atoms. The van der Waals surface area contributed by atoms with E-state index in [0.29, 0.717) is 12.8 Å². The van der Waals surface area contributed by atoms with Crippen molar-refractivity contribution in [1.29, 1.82) is 0 Å². The van der Waals surface area contributed by atoms with Crippen LogP contribution in [-0.4, -0.2) is 87.5 Å². The van der Waals surface area contributed by atoms with Gasteiger partial charge in [-0.2, -0.15) is 0 Å². The van der Waals surface area contributed by atoms with Gasteiger partial charge in [0, 0.05) is 6.42 Å². The van der Waals surface area contributed by atoms with Crippen LogP contribution in [0.15, 0.2) is 72.9 Å². The molecule has 1 aliphatic rings. The van der Waals surface area contributed by atoms with Crippen LogP contribution in [0.5, 0.6) is 0 Å². The second-order valence-electron chi connectivity index (χ2n) is 19.0. The molecule has 1 saturated heterocycles. The molecule has 388 valence electrons. The zero-order valence-electron chi connectivity index (χ0n) is 42.9. The normalized spacial score (nSPS) is 20.3. The Morgan fingerprint density at radius 1 is 0.522 bits per heavy atom. The molecule has 0 radical (unpaired) electrons. The molecule has 0 aliphatic carbocycles. The van der Waals surface area contributed by atoms with Crippen LogP contribution in [-0.2, 0) is 14.3 Å². The third-order valence-corrected chi connectivity index (χ3v) is 12.8. The number of ether oxygens (including phenoxy) is 2. The molecule has 9 heteroatoms. The fourth-order valence-corrected chi connectivity index (χ4v) is 8.46. The van der Waals surface area contributed by atoms with Gasteiger partial charge in [-0.25, -0.2) is 0 Å². The molecule has 0 aromatic rings. The first-order chi connectivity index (χ1) is 32.8. The minimum Gasteiger partial charge on any atom is -0.394 e. The summed E-state index contributed by atoms with van der Waals surface area (Å²) in [7, 11) is 0. The van der Waals surface area contributed by atoms with Crippen molar-refractivity contribution in [3.05, 3.63) is 72.9 Å². The van der Waals surface area contributed by atoms with Gasteiger partial charge in [-0.15, -0.1) is 0 Å². The molecule has 1 amide bonds. The van der Waals surface area contributed by atoms with Crippen LogP contribution >= 0.6 is 0 Å². The first kappa shape index (κ1) is 62.6. The van der Waals surface area contributed by atoms with Crippen molar-refractivity contribution in [2.24, 2.45) is 0 Å². The lowest BCUT2D eigenvalue weighted by atomic mass is 9.99. The van der Waals surface area contributed by atoms with Crippen LogP contribution in [0.4, 0.5) is 0 Å². The van der Waals surface area contributed by atoms with Crippen molar-refractivity contribution in [2.75, 3.05) is 13.2 Å². The molecule has 0 aromatic carbocycles. The molecule has 1 fully saturated rings. The lowest BCUT2D eigenvalue weighted by Gasteiger charge is -2.40. The number of amides is 1. The molecule has 0 aromatic heterocycles. The number of carbonyl (C=O) groups is 1. The molecular weight excluding hydrogens is 839 g/mol. The molecule has 1 aliphatic heterocycles. The number of carbonyl (C=O) groups excluding carboxylic acids is 1. The summed E-state index contributed by atoms with van der Waals surface area (Å²) in [6, 6.07) is -0.732. The van der Waals surface area contributed by atoms with Gasteiger partial charge in [-0.3, -0.25) is 4.79 Å². The molecule has 1 heterocycles. The molecule has 0 spiro atoms. The van der Waals surface area contributed by atoms with Crippen LogP contribution in [0.25, 0.3) is 0 Å². The summed E-state index contributed by atoms with van der Waals surface area (Å²) in [4.78, 5) is 13.1. The van der Waals surface area contributed by atoms with Gasteiger partial charge in [0.15, 0.2) is 6.29 Å². The molecule has 6 N–H and O–H groups in total. The lowest BCUT2D eigenvalue weighted by molar-refractivity contribution is -0.302. The average Bonchev–Trinajstić information content (AvgIpc) is 3.33. The second-order valence-corrected chi connectivity index (χ2v) is 19.0. The Morgan fingerprint density at radius 2 is 0.925 bits per heavy atom. The van der Waals surface area contributed by atoms with Crippen molar-refractivity contribution in [1.82, 2.24) is 5.32 Å². The maximum atomic E-state index is 13.1. The van der Waals surface area contributed by atoms with Crippen LogP contribution in [0.2, 0.25) is 0 Å². The highest BCUT2D eigenvalue weighted by molar-refractivity contribution is 5.76. The Kier molecular flexibility index (Phi) is 44.2. The predicted molar refractivity (Wildman–Crippen MR) is 281 cm³/mol. The first-order valence-electron chi connectivity index (χ1n) is 27.6. The zero-order valence-corrected chi connectivity index (χ0v) is 42.9. The Labute approximate surface area is 410 Å². The first-order valence-corrected chi connectivity index (χ1v) is 27.6.